The fourth-order valence-corrected chi connectivity index (χ4v) is 3.39. The summed E-state index contributed by atoms with van der Waals surface area (Å²) in [5.41, 5.74) is 6.25. The highest BCUT2D eigenvalue weighted by Crippen LogP contribution is 2.24. The smallest absolute Gasteiger partial charge is 0.225 e. The lowest BCUT2D eigenvalue weighted by Gasteiger charge is -2.34. The van der Waals surface area contributed by atoms with E-state index >= 15 is 0 Å². The van der Waals surface area contributed by atoms with Crippen LogP contribution in [0.3, 0.4) is 0 Å². The zero-order valence-corrected chi connectivity index (χ0v) is 13.9. The summed E-state index contributed by atoms with van der Waals surface area (Å²) in [6.45, 7) is 5.35. The molecule has 2 N–H and O–H groups in total. The maximum atomic E-state index is 11.2. The molecule has 1 aliphatic rings. The maximum Gasteiger partial charge on any atom is 0.225 e. The van der Waals surface area contributed by atoms with E-state index in [2.05, 4.69) is 24.8 Å². The van der Waals surface area contributed by atoms with Crippen molar-refractivity contribution in [1.29, 1.82) is 0 Å². The molecule has 0 aliphatic carbocycles. The highest BCUT2D eigenvalue weighted by Gasteiger charge is 2.21. The quantitative estimate of drug-likeness (QED) is 0.876. The molecule has 7 nitrogen and oxygen atoms in total. The Morgan fingerprint density at radius 3 is 2.57 bits per heavy atom. The highest BCUT2D eigenvalue weighted by atomic mass is 32.1. The van der Waals surface area contributed by atoms with Gasteiger partial charge in [-0.05, 0) is 6.07 Å². The lowest BCUT2D eigenvalue weighted by atomic mass is 10.1. The minimum Gasteiger partial charge on any atom is -0.369 e. The molecule has 2 aromatic heterocycles. The molecular formula is C15H20N6OS. The minimum atomic E-state index is -0.281. The van der Waals surface area contributed by atoms with E-state index in [-0.39, 0.29) is 11.8 Å². The van der Waals surface area contributed by atoms with Crippen LogP contribution in [0.25, 0.3) is 0 Å². The molecule has 1 amide bonds. The topological polar surface area (TPSA) is 88.2 Å². The van der Waals surface area contributed by atoms with Crippen LogP contribution in [0.1, 0.15) is 12.6 Å². The molecule has 0 saturated carbocycles. The number of hydrogen-bond acceptors (Lipinski definition) is 7. The van der Waals surface area contributed by atoms with Crippen LogP contribution in [0.4, 0.5) is 11.1 Å². The van der Waals surface area contributed by atoms with Gasteiger partial charge in [-0.1, -0.05) is 6.92 Å². The van der Waals surface area contributed by atoms with Crippen molar-refractivity contribution >= 4 is 28.3 Å². The Balaban J connectivity index is 1.58. The zero-order valence-electron chi connectivity index (χ0n) is 13.1. The lowest BCUT2D eigenvalue weighted by molar-refractivity contribution is -0.121. The van der Waals surface area contributed by atoms with E-state index in [1.54, 1.807) is 23.7 Å². The van der Waals surface area contributed by atoms with Crippen LogP contribution in [0.5, 0.6) is 0 Å². The molecule has 122 valence electrons. The zero-order chi connectivity index (χ0) is 16.2. The number of piperazine rings is 1. The first-order valence-electron chi connectivity index (χ1n) is 7.64. The first-order valence-corrected chi connectivity index (χ1v) is 8.52. The number of amides is 1. The number of carbonyl (C=O) groups is 1. The lowest BCUT2D eigenvalue weighted by Crippen LogP contribution is -2.47. The molecule has 1 saturated heterocycles. The second kappa shape index (κ2) is 6.91. The molecule has 3 rings (SSSR count). The molecule has 8 heteroatoms. The fourth-order valence-electron chi connectivity index (χ4n) is 2.50. The third-order valence-corrected chi connectivity index (χ3v) is 4.88. The second-order valence-electron chi connectivity index (χ2n) is 5.65. The van der Waals surface area contributed by atoms with Gasteiger partial charge < -0.3 is 15.5 Å². The van der Waals surface area contributed by atoms with Gasteiger partial charge in [-0.25, -0.2) is 15.0 Å². The summed E-state index contributed by atoms with van der Waals surface area (Å²) in [5, 5.41) is 3.02. The summed E-state index contributed by atoms with van der Waals surface area (Å²) in [4.78, 5) is 28.8. The van der Waals surface area contributed by atoms with Gasteiger partial charge in [0.25, 0.3) is 0 Å². The summed E-state index contributed by atoms with van der Waals surface area (Å²) in [6, 6.07) is 1.82. The van der Waals surface area contributed by atoms with E-state index in [0.717, 1.165) is 43.0 Å². The first kappa shape index (κ1) is 15.7. The van der Waals surface area contributed by atoms with E-state index in [0.29, 0.717) is 6.42 Å². The number of hydrogen-bond donors (Lipinski definition) is 1. The average Bonchev–Trinajstić information content (AvgIpc) is 3.04. The Hall–Kier alpha value is -2.22. The third kappa shape index (κ3) is 3.76. The van der Waals surface area contributed by atoms with Gasteiger partial charge in [0.2, 0.25) is 11.9 Å². The molecular weight excluding hydrogens is 312 g/mol. The SMILES string of the molecule is CC(Cc1csc(N2CCN(c3ncccn3)CC2)n1)C(N)=O. The van der Waals surface area contributed by atoms with Gasteiger partial charge in [-0.3, -0.25) is 4.79 Å². The Morgan fingerprint density at radius 2 is 1.91 bits per heavy atom. The molecule has 0 aromatic carbocycles. The van der Waals surface area contributed by atoms with Gasteiger partial charge in [0.15, 0.2) is 5.13 Å². The third-order valence-electron chi connectivity index (χ3n) is 3.93. The van der Waals surface area contributed by atoms with Crippen molar-refractivity contribution in [2.75, 3.05) is 36.0 Å². The van der Waals surface area contributed by atoms with Gasteiger partial charge >= 0.3 is 0 Å². The van der Waals surface area contributed by atoms with Crippen LogP contribution in [-0.2, 0) is 11.2 Å². The van der Waals surface area contributed by atoms with Crippen molar-refractivity contribution in [3.05, 3.63) is 29.5 Å². The summed E-state index contributed by atoms with van der Waals surface area (Å²) >= 11 is 1.62. The van der Waals surface area contributed by atoms with E-state index in [9.17, 15) is 4.79 Å². The first-order chi connectivity index (χ1) is 11.1. The van der Waals surface area contributed by atoms with Crippen LogP contribution in [0, 0.1) is 5.92 Å². The van der Waals surface area contributed by atoms with Crippen LogP contribution >= 0.6 is 11.3 Å². The van der Waals surface area contributed by atoms with Gasteiger partial charge in [0, 0.05) is 56.3 Å². The predicted octanol–water partition coefficient (Wildman–Crippen LogP) is 0.924. The molecule has 0 spiro atoms. The summed E-state index contributed by atoms with van der Waals surface area (Å²) in [5.74, 6) is 0.315. The summed E-state index contributed by atoms with van der Waals surface area (Å²) in [7, 11) is 0. The average molecular weight is 332 g/mol. The largest absolute Gasteiger partial charge is 0.369 e. The number of carbonyl (C=O) groups excluding carboxylic acids is 1. The summed E-state index contributed by atoms with van der Waals surface area (Å²) < 4.78 is 0. The predicted molar refractivity (Wildman–Crippen MR) is 90.6 cm³/mol. The Bertz CT molecular complexity index is 653. The number of nitrogens with two attached hydrogens (primary N) is 1. The fraction of sp³-hybridized carbons (Fsp3) is 0.467. The maximum absolute atomic E-state index is 11.2. The standard InChI is InChI=1S/C15H20N6OS/c1-11(13(16)22)9-12-10-23-15(19-12)21-7-5-20(6-8-21)14-17-3-2-4-18-14/h2-4,10-11H,5-9H2,1H3,(H2,16,22). The van der Waals surface area contributed by atoms with Crippen molar-refractivity contribution in [2.24, 2.45) is 11.7 Å². The molecule has 2 aromatic rings. The van der Waals surface area contributed by atoms with Crippen LogP contribution in [-0.4, -0.2) is 47.0 Å². The van der Waals surface area contributed by atoms with Crippen LogP contribution < -0.4 is 15.5 Å². The van der Waals surface area contributed by atoms with Crippen molar-refractivity contribution < 1.29 is 4.79 Å². The highest BCUT2D eigenvalue weighted by molar-refractivity contribution is 7.13. The van der Waals surface area contributed by atoms with Crippen molar-refractivity contribution in [3.63, 3.8) is 0 Å². The van der Waals surface area contributed by atoms with E-state index in [4.69, 9.17) is 5.73 Å². The second-order valence-corrected chi connectivity index (χ2v) is 6.49. The van der Waals surface area contributed by atoms with Crippen molar-refractivity contribution in [3.8, 4) is 0 Å². The van der Waals surface area contributed by atoms with Crippen LogP contribution in [0.15, 0.2) is 23.8 Å². The number of thiazole rings is 1. The van der Waals surface area contributed by atoms with Gasteiger partial charge in [-0.15, -0.1) is 11.3 Å². The molecule has 1 atom stereocenters. The van der Waals surface area contributed by atoms with E-state index in [1.807, 2.05) is 18.4 Å². The van der Waals surface area contributed by atoms with Crippen molar-refractivity contribution in [2.45, 2.75) is 13.3 Å². The number of nitrogens with zero attached hydrogens (tertiary/aromatic N) is 5. The molecule has 1 unspecified atom stereocenters. The monoisotopic (exact) mass is 332 g/mol. The van der Waals surface area contributed by atoms with E-state index in [1.165, 1.54) is 0 Å². The number of anilines is 2. The van der Waals surface area contributed by atoms with E-state index < -0.39 is 0 Å². The number of rotatable bonds is 5. The molecule has 23 heavy (non-hydrogen) atoms. The number of primary amides is 1. The van der Waals surface area contributed by atoms with Crippen LogP contribution in [0.2, 0.25) is 0 Å². The Labute approximate surface area is 139 Å². The number of aromatic nitrogens is 3. The van der Waals surface area contributed by atoms with Crippen molar-refractivity contribution in [1.82, 2.24) is 15.0 Å². The molecule has 3 heterocycles. The van der Waals surface area contributed by atoms with Gasteiger partial charge in [0.05, 0.1) is 5.69 Å². The summed E-state index contributed by atoms with van der Waals surface area (Å²) in [6.07, 6.45) is 4.13. The molecule has 0 radical (unpaired) electrons. The minimum absolute atomic E-state index is 0.183. The van der Waals surface area contributed by atoms with Gasteiger partial charge in [-0.2, -0.15) is 0 Å². The molecule has 0 bridgehead atoms. The molecule has 1 aliphatic heterocycles. The Morgan fingerprint density at radius 1 is 1.26 bits per heavy atom. The molecule has 1 fully saturated rings. The van der Waals surface area contributed by atoms with Gasteiger partial charge in [0.1, 0.15) is 0 Å². The normalized spacial score (nSPS) is 16.4. The Kier molecular flexibility index (Phi) is 4.71.